The molecule has 0 amide bonds. The van der Waals surface area contributed by atoms with Crippen molar-refractivity contribution in [3.8, 4) is 0 Å². The molecule has 0 saturated heterocycles. The monoisotopic (exact) mass is 973 g/mol. The molecule has 0 N–H and O–H groups in total. The summed E-state index contributed by atoms with van der Waals surface area (Å²) >= 11 is 0. The van der Waals surface area contributed by atoms with Crippen molar-refractivity contribution in [2.45, 2.75) is 277 Å². The molecule has 0 aliphatic rings. The molecular weight excluding hydrogens is 865 g/mol. The van der Waals surface area contributed by atoms with Crippen molar-refractivity contribution < 1.29 is 28.6 Å². The van der Waals surface area contributed by atoms with Gasteiger partial charge in [0.2, 0.25) is 0 Å². The van der Waals surface area contributed by atoms with Crippen molar-refractivity contribution in [3.05, 3.63) is 97.2 Å². The van der Waals surface area contributed by atoms with Gasteiger partial charge in [0.25, 0.3) is 0 Å². The number of rotatable bonds is 52. The van der Waals surface area contributed by atoms with Gasteiger partial charge in [-0.05, 0) is 96.3 Å². The molecule has 0 rings (SSSR count). The lowest BCUT2D eigenvalue weighted by Gasteiger charge is -2.18. The van der Waals surface area contributed by atoms with Gasteiger partial charge in [0, 0.05) is 19.3 Å². The number of allylic oxidation sites excluding steroid dienone is 16. The van der Waals surface area contributed by atoms with Crippen LogP contribution in [0.1, 0.15) is 271 Å². The quantitative estimate of drug-likeness (QED) is 0.0262. The van der Waals surface area contributed by atoms with E-state index in [9.17, 15) is 14.4 Å². The molecule has 0 aromatic carbocycles. The third-order valence-corrected chi connectivity index (χ3v) is 12.4. The predicted octanol–water partition coefficient (Wildman–Crippen LogP) is 19.7. The molecule has 0 spiro atoms. The zero-order valence-corrected chi connectivity index (χ0v) is 45.8. The van der Waals surface area contributed by atoms with Crippen LogP contribution < -0.4 is 0 Å². The largest absolute Gasteiger partial charge is 0.462 e. The minimum atomic E-state index is -0.798. The molecule has 1 atom stereocenters. The molecule has 0 aromatic heterocycles. The molecule has 0 fully saturated rings. The van der Waals surface area contributed by atoms with Gasteiger partial charge >= 0.3 is 17.9 Å². The zero-order chi connectivity index (χ0) is 50.7. The van der Waals surface area contributed by atoms with Crippen LogP contribution in [0.15, 0.2) is 97.2 Å². The number of esters is 3. The van der Waals surface area contributed by atoms with Crippen LogP contribution in [0.5, 0.6) is 0 Å². The number of ether oxygens (including phenoxy) is 3. The van der Waals surface area contributed by atoms with Crippen LogP contribution in [0.2, 0.25) is 0 Å². The molecule has 1 unspecified atom stereocenters. The summed E-state index contributed by atoms with van der Waals surface area (Å²) in [4.78, 5) is 38.2. The summed E-state index contributed by atoms with van der Waals surface area (Å²) < 4.78 is 16.9. The number of carbonyl (C=O) groups is 3. The molecule has 0 aliphatic heterocycles. The molecule has 70 heavy (non-hydrogen) atoms. The highest BCUT2D eigenvalue weighted by Crippen LogP contribution is 2.15. The Bertz CT molecular complexity index is 1400. The van der Waals surface area contributed by atoms with Gasteiger partial charge in [-0.15, -0.1) is 0 Å². The standard InChI is InChI=1S/C64H108O6/c1-4-7-10-13-16-19-22-25-28-30-32-34-36-39-42-45-48-51-54-57-63(66)69-60-61(59-68-62(65)56-53-50-47-44-41-38-35-27-24-21-18-15-12-9-6-3)70-64(67)58-55-52-49-46-43-40-37-33-31-29-26-23-20-17-14-11-8-5-2/h16-27,29,31,33,37,61H,4-15,28,30,32,34-36,38-60H2,1-3H3/b19-16-,20-17-,21-18-,25-22-,26-23-,27-24-,31-29-,37-33-. The number of unbranched alkanes of at least 4 members (excludes halogenated alkanes) is 30. The highest BCUT2D eigenvalue weighted by atomic mass is 16.6. The SMILES string of the molecule is CCCCC\C=C/C=C\C=C/C=C\CCCCCCCC(=O)OC(COC(=O)CCCCCCCC/C=C\C=C/CCCCC)COC(=O)CCCCCCCCCCCC/C=C\C=C/CCCCC. The first-order valence-electron chi connectivity index (χ1n) is 29.3. The Hall–Kier alpha value is -3.67. The molecule has 400 valence electrons. The van der Waals surface area contributed by atoms with E-state index in [1.807, 2.05) is 0 Å². The number of hydrogen-bond acceptors (Lipinski definition) is 6. The van der Waals surface area contributed by atoms with Crippen LogP contribution in [0, 0.1) is 0 Å². The molecule has 0 saturated carbocycles. The first-order chi connectivity index (χ1) is 34.5. The minimum absolute atomic E-state index is 0.0933. The topological polar surface area (TPSA) is 78.9 Å². The summed E-state index contributed by atoms with van der Waals surface area (Å²) in [6, 6.07) is 0. The minimum Gasteiger partial charge on any atom is -0.462 e. The van der Waals surface area contributed by atoms with Crippen LogP contribution in [-0.2, 0) is 28.6 Å². The summed E-state index contributed by atoms with van der Waals surface area (Å²) in [5, 5.41) is 0. The molecular formula is C64H108O6. The second-order valence-corrected chi connectivity index (χ2v) is 19.3. The normalized spacial score (nSPS) is 12.8. The van der Waals surface area contributed by atoms with Gasteiger partial charge in [-0.2, -0.15) is 0 Å². The summed E-state index contributed by atoms with van der Waals surface area (Å²) in [5.74, 6) is -0.927. The fourth-order valence-corrected chi connectivity index (χ4v) is 7.97. The van der Waals surface area contributed by atoms with Gasteiger partial charge in [-0.3, -0.25) is 14.4 Å². The van der Waals surface area contributed by atoms with Gasteiger partial charge in [0.1, 0.15) is 13.2 Å². The van der Waals surface area contributed by atoms with Gasteiger partial charge in [-0.1, -0.05) is 253 Å². The average molecular weight is 974 g/mol. The lowest BCUT2D eigenvalue weighted by molar-refractivity contribution is -0.167. The van der Waals surface area contributed by atoms with E-state index in [1.165, 1.54) is 141 Å². The van der Waals surface area contributed by atoms with Crippen molar-refractivity contribution >= 4 is 17.9 Å². The molecule has 0 aromatic rings. The van der Waals surface area contributed by atoms with Crippen LogP contribution >= 0.6 is 0 Å². The Labute approximate surface area is 432 Å². The van der Waals surface area contributed by atoms with Gasteiger partial charge < -0.3 is 14.2 Å². The maximum absolute atomic E-state index is 12.9. The average Bonchev–Trinajstić information content (AvgIpc) is 3.36. The summed E-state index contributed by atoms with van der Waals surface area (Å²) in [6.45, 7) is 6.52. The van der Waals surface area contributed by atoms with Gasteiger partial charge in [0.05, 0.1) is 0 Å². The second-order valence-electron chi connectivity index (χ2n) is 19.3. The van der Waals surface area contributed by atoms with Crippen molar-refractivity contribution in [2.24, 2.45) is 0 Å². The molecule has 0 aliphatic carbocycles. The smallest absolute Gasteiger partial charge is 0.306 e. The van der Waals surface area contributed by atoms with Gasteiger partial charge in [0.15, 0.2) is 6.10 Å². The lowest BCUT2D eigenvalue weighted by atomic mass is 10.1. The molecule has 0 heterocycles. The maximum atomic E-state index is 12.9. The summed E-state index contributed by atoms with van der Waals surface area (Å²) in [6.07, 6.45) is 76.7. The summed E-state index contributed by atoms with van der Waals surface area (Å²) in [5.41, 5.74) is 0. The Kier molecular flexibility index (Phi) is 54.9. The van der Waals surface area contributed by atoms with Crippen molar-refractivity contribution in [1.82, 2.24) is 0 Å². The fourth-order valence-electron chi connectivity index (χ4n) is 7.97. The van der Waals surface area contributed by atoms with Crippen molar-refractivity contribution in [3.63, 3.8) is 0 Å². The number of carbonyl (C=O) groups excluding carboxylic acids is 3. The Morgan fingerprint density at radius 1 is 0.286 bits per heavy atom. The van der Waals surface area contributed by atoms with E-state index in [0.29, 0.717) is 19.3 Å². The lowest BCUT2D eigenvalue weighted by Crippen LogP contribution is -2.30. The predicted molar refractivity (Wildman–Crippen MR) is 302 cm³/mol. The highest BCUT2D eigenvalue weighted by Gasteiger charge is 2.19. The van der Waals surface area contributed by atoms with Gasteiger partial charge in [-0.25, -0.2) is 0 Å². The van der Waals surface area contributed by atoms with Crippen LogP contribution in [0.4, 0.5) is 0 Å². The first kappa shape index (κ1) is 66.3. The first-order valence-corrected chi connectivity index (χ1v) is 29.3. The van der Waals surface area contributed by atoms with Crippen molar-refractivity contribution in [1.29, 1.82) is 0 Å². The van der Waals surface area contributed by atoms with Crippen LogP contribution in [-0.4, -0.2) is 37.2 Å². The third kappa shape index (κ3) is 55.3. The van der Waals surface area contributed by atoms with Crippen LogP contribution in [0.25, 0.3) is 0 Å². The Morgan fingerprint density at radius 2 is 0.514 bits per heavy atom. The molecule has 6 nitrogen and oxygen atoms in total. The molecule has 0 bridgehead atoms. The van der Waals surface area contributed by atoms with E-state index in [2.05, 4.69) is 118 Å². The van der Waals surface area contributed by atoms with Crippen LogP contribution in [0.3, 0.4) is 0 Å². The Morgan fingerprint density at radius 3 is 0.814 bits per heavy atom. The van der Waals surface area contributed by atoms with E-state index in [-0.39, 0.29) is 31.1 Å². The van der Waals surface area contributed by atoms with E-state index in [4.69, 9.17) is 14.2 Å². The zero-order valence-electron chi connectivity index (χ0n) is 45.8. The maximum Gasteiger partial charge on any atom is 0.306 e. The third-order valence-electron chi connectivity index (χ3n) is 12.4. The van der Waals surface area contributed by atoms with E-state index in [0.717, 1.165) is 89.9 Å². The Balaban J connectivity index is 4.46. The molecule has 0 radical (unpaired) electrons. The fraction of sp³-hybridized carbons (Fsp3) is 0.703. The highest BCUT2D eigenvalue weighted by molar-refractivity contribution is 5.71. The van der Waals surface area contributed by atoms with E-state index < -0.39 is 6.10 Å². The second kappa shape index (κ2) is 57.9. The summed E-state index contributed by atoms with van der Waals surface area (Å²) in [7, 11) is 0. The van der Waals surface area contributed by atoms with E-state index in [1.54, 1.807) is 0 Å². The molecule has 6 heteroatoms. The number of hydrogen-bond donors (Lipinski definition) is 0. The van der Waals surface area contributed by atoms with E-state index >= 15 is 0 Å². The van der Waals surface area contributed by atoms with Crippen molar-refractivity contribution in [2.75, 3.05) is 13.2 Å².